The van der Waals surface area contributed by atoms with E-state index in [1.165, 1.54) is 0 Å². The Morgan fingerprint density at radius 3 is 1.14 bits per heavy atom. The molecule has 0 unspecified atom stereocenters. The Bertz CT molecular complexity index is 31.7. The standard InChI is InChI=1S/C3H10O3Si/c4-1-7(2-5)3-6/h4-7H,1-3H2. The van der Waals surface area contributed by atoms with Crippen LogP contribution < -0.4 is 0 Å². The molecule has 3 N–H and O–H groups in total. The van der Waals surface area contributed by atoms with E-state index in [-0.39, 0.29) is 18.7 Å². The van der Waals surface area contributed by atoms with Crippen molar-refractivity contribution >= 4 is 8.80 Å². The molecule has 44 valence electrons. The molecule has 0 aliphatic heterocycles. The average Bonchev–Trinajstić information content (AvgIpc) is 1.72. The molecule has 3 nitrogen and oxygen atoms in total. The van der Waals surface area contributed by atoms with E-state index in [1.807, 2.05) is 0 Å². The minimum Gasteiger partial charge on any atom is -0.400 e. The molecule has 0 bridgehead atoms. The van der Waals surface area contributed by atoms with Gasteiger partial charge in [0.05, 0.1) is 0 Å². The Labute approximate surface area is 43.8 Å². The summed E-state index contributed by atoms with van der Waals surface area (Å²) in [4.78, 5) is 0. The van der Waals surface area contributed by atoms with E-state index in [0.29, 0.717) is 0 Å². The molecule has 0 rings (SSSR count). The maximum atomic E-state index is 8.27. The van der Waals surface area contributed by atoms with Gasteiger partial charge in [0.15, 0.2) is 0 Å². The van der Waals surface area contributed by atoms with E-state index in [9.17, 15) is 0 Å². The molecule has 0 amide bonds. The second-order valence-electron chi connectivity index (χ2n) is 1.41. The topological polar surface area (TPSA) is 60.7 Å². The van der Waals surface area contributed by atoms with Crippen LogP contribution in [0.3, 0.4) is 0 Å². The fraction of sp³-hybridized carbons (Fsp3) is 1.00. The summed E-state index contributed by atoms with van der Waals surface area (Å²) in [5.74, 6) is 0. The molecule has 0 aromatic heterocycles. The molecule has 4 heteroatoms. The van der Waals surface area contributed by atoms with Crippen LogP contribution in [0, 0.1) is 0 Å². The fourth-order valence-electron chi connectivity index (χ4n) is 0.173. The molecule has 0 heterocycles. The second-order valence-corrected chi connectivity index (χ2v) is 4.24. The number of aliphatic hydroxyl groups excluding tert-OH is 3. The molecule has 0 atom stereocenters. The normalized spacial score (nSPS) is 10.3. The van der Waals surface area contributed by atoms with E-state index in [2.05, 4.69) is 0 Å². The summed E-state index contributed by atoms with van der Waals surface area (Å²) in [6, 6.07) is 0. The molecule has 0 aromatic carbocycles. The number of rotatable bonds is 3. The van der Waals surface area contributed by atoms with Gasteiger partial charge < -0.3 is 15.3 Å². The lowest BCUT2D eigenvalue weighted by molar-refractivity contribution is 0.299. The van der Waals surface area contributed by atoms with Gasteiger partial charge in [-0.3, -0.25) is 0 Å². The highest BCUT2D eigenvalue weighted by atomic mass is 28.3. The van der Waals surface area contributed by atoms with Gasteiger partial charge in [-0.05, 0) is 0 Å². The Morgan fingerprint density at radius 2 is 1.14 bits per heavy atom. The van der Waals surface area contributed by atoms with Crippen LogP contribution in [0.5, 0.6) is 0 Å². The van der Waals surface area contributed by atoms with E-state index in [0.717, 1.165) is 0 Å². The van der Waals surface area contributed by atoms with Crippen molar-refractivity contribution in [2.45, 2.75) is 0 Å². The second kappa shape index (κ2) is 4.26. The largest absolute Gasteiger partial charge is 0.400 e. The fourth-order valence-corrected chi connectivity index (χ4v) is 0.520. The third-order valence-corrected chi connectivity index (χ3v) is 2.32. The van der Waals surface area contributed by atoms with Crippen LogP contribution in [-0.2, 0) is 0 Å². The predicted octanol–water partition coefficient (Wildman–Crippen LogP) is -2.19. The molecule has 0 saturated carbocycles. The highest BCUT2D eigenvalue weighted by Gasteiger charge is 2.03. The summed E-state index contributed by atoms with van der Waals surface area (Å²) in [5.41, 5.74) is 0. The highest BCUT2D eigenvalue weighted by molar-refractivity contribution is 6.58. The van der Waals surface area contributed by atoms with Crippen molar-refractivity contribution in [1.29, 1.82) is 0 Å². The number of hydrogen-bond acceptors (Lipinski definition) is 3. The van der Waals surface area contributed by atoms with Gasteiger partial charge >= 0.3 is 0 Å². The van der Waals surface area contributed by atoms with Gasteiger partial charge in [-0.15, -0.1) is 0 Å². The SMILES string of the molecule is OC[SiH](CO)CO. The zero-order valence-corrected chi connectivity index (χ0v) is 5.20. The molecular weight excluding hydrogens is 112 g/mol. The lowest BCUT2D eigenvalue weighted by atomic mass is 11.6. The van der Waals surface area contributed by atoms with Gasteiger partial charge in [0, 0.05) is 18.7 Å². The van der Waals surface area contributed by atoms with E-state index < -0.39 is 8.80 Å². The molecule has 0 aromatic rings. The molecule has 7 heavy (non-hydrogen) atoms. The lowest BCUT2D eigenvalue weighted by Gasteiger charge is -2.00. The zero-order valence-electron chi connectivity index (χ0n) is 4.04. The molecule has 0 radical (unpaired) electrons. The van der Waals surface area contributed by atoms with Gasteiger partial charge in [0.2, 0.25) is 0 Å². The molecule has 0 aliphatic carbocycles. The Morgan fingerprint density at radius 1 is 0.857 bits per heavy atom. The lowest BCUT2D eigenvalue weighted by Crippen LogP contribution is -2.28. The van der Waals surface area contributed by atoms with E-state index in [4.69, 9.17) is 15.3 Å². The smallest absolute Gasteiger partial charge is 0.125 e. The monoisotopic (exact) mass is 122 g/mol. The van der Waals surface area contributed by atoms with Crippen molar-refractivity contribution in [3.63, 3.8) is 0 Å². The summed E-state index contributed by atoms with van der Waals surface area (Å²) in [6.45, 7) is 0. The van der Waals surface area contributed by atoms with Crippen LogP contribution >= 0.6 is 0 Å². The summed E-state index contributed by atoms with van der Waals surface area (Å²) < 4.78 is 0. The summed E-state index contributed by atoms with van der Waals surface area (Å²) in [7, 11) is -1.50. The summed E-state index contributed by atoms with van der Waals surface area (Å²) >= 11 is 0. The molecular formula is C3H10O3Si. The van der Waals surface area contributed by atoms with Gasteiger partial charge in [-0.1, -0.05) is 0 Å². The Kier molecular flexibility index (Phi) is 4.32. The van der Waals surface area contributed by atoms with Crippen LogP contribution in [0.4, 0.5) is 0 Å². The molecule has 0 fully saturated rings. The molecule has 0 saturated heterocycles. The van der Waals surface area contributed by atoms with Gasteiger partial charge in [-0.25, -0.2) is 0 Å². The van der Waals surface area contributed by atoms with Crippen molar-refractivity contribution < 1.29 is 15.3 Å². The van der Waals surface area contributed by atoms with Crippen molar-refractivity contribution in [1.82, 2.24) is 0 Å². The van der Waals surface area contributed by atoms with Crippen LogP contribution in [0.1, 0.15) is 0 Å². The third kappa shape index (κ3) is 2.75. The maximum absolute atomic E-state index is 8.27. The molecule has 0 aliphatic rings. The van der Waals surface area contributed by atoms with Gasteiger partial charge in [0.25, 0.3) is 0 Å². The van der Waals surface area contributed by atoms with Crippen molar-refractivity contribution in [3.05, 3.63) is 0 Å². The number of hydrogen-bond donors (Lipinski definition) is 3. The van der Waals surface area contributed by atoms with E-state index in [1.54, 1.807) is 0 Å². The highest BCUT2D eigenvalue weighted by Crippen LogP contribution is 1.72. The summed E-state index contributed by atoms with van der Waals surface area (Å²) in [6.07, 6.45) is -0.0208. The van der Waals surface area contributed by atoms with Crippen molar-refractivity contribution in [3.8, 4) is 0 Å². The van der Waals surface area contributed by atoms with Gasteiger partial charge in [0.1, 0.15) is 8.80 Å². The van der Waals surface area contributed by atoms with Crippen LogP contribution in [-0.4, -0.2) is 42.8 Å². The van der Waals surface area contributed by atoms with Crippen LogP contribution in [0.2, 0.25) is 0 Å². The minimum absolute atomic E-state index is 0.00694. The summed E-state index contributed by atoms with van der Waals surface area (Å²) in [5, 5.41) is 24.8. The van der Waals surface area contributed by atoms with Crippen molar-refractivity contribution in [2.24, 2.45) is 0 Å². The van der Waals surface area contributed by atoms with Crippen molar-refractivity contribution in [2.75, 3.05) is 18.7 Å². The first-order chi connectivity index (χ1) is 3.35. The average molecular weight is 122 g/mol. The Balaban J connectivity index is 2.99. The van der Waals surface area contributed by atoms with Gasteiger partial charge in [-0.2, -0.15) is 0 Å². The first-order valence-electron chi connectivity index (χ1n) is 2.17. The van der Waals surface area contributed by atoms with Crippen LogP contribution in [0.25, 0.3) is 0 Å². The third-order valence-electron chi connectivity index (χ3n) is 0.775. The predicted molar refractivity (Wildman–Crippen MR) is 28.4 cm³/mol. The minimum atomic E-state index is -1.50. The maximum Gasteiger partial charge on any atom is 0.125 e. The number of aliphatic hydroxyl groups is 3. The zero-order chi connectivity index (χ0) is 5.70. The molecule has 0 spiro atoms. The first kappa shape index (κ1) is 7.10. The first-order valence-corrected chi connectivity index (χ1v) is 4.62. The van der Waals surface area contributed by atoms with Crippen LogP contribution in [0.15, 0.2) is 0 Å². The van der Waals surface area contributed by atoms with E-state index >= 15 is 0 Å². The Hall–Kier alpha value is 0.0969. The quantitative estimate of drug-likeness (QED) is 0.373.